The molecule has 0 bridgehead atoms. The van der Waals surface area contributed by atoms with Crippen LogP contribution in [0.4, 0.5) is 5.82 Å². The van der Waals surface area contributed by atoms with Crippen molar-refractivity contribution in [1.82, 2.24) is 15.1 Å². The van der Waals surface area contributed by atoms with Crippen LogP contribution in [0, 0.1) is 0 Å². The topological polar surface area (TPSA) is 92.4 Å². The van der Waals surface area contributed by atoms with Gasteiger partial charge in [0.05, 0.1) is 17.3 Å². The highest BCUT2D eigenvalue weighted by Crippen LogP contribution is 2.30. The summed E-state index contributed by atoms with van der Waals surface area (Å²) in [6.07, 6.45) is 1.34. The van der Waals surface area contributed by atoms with Crippen molar-refractivity contribution in [1.29, 1.82) is 0 Å². The zero-order chi connectivity index (χ0) is 18.0. The van der Waals surface area contributed by atoms with Crippen molar-refractivity contribution in [2.45, 2.75) is 13.8 Å². The van der Waals surface area contributed by atoms with Gasteiger partial charge in [-0.2, -0.15) is 5.10 Å². The molecule has 0 saturated carbocycles. The van der Waals surface area contributed by atoms with E-state index in [4.69, 9.17) is 5.84 Å². The van der Waals surface area contributed by atoms with E-state index in [1.807, 2.05) is 0 Å². The highest BCUT2D eigenvalue weighted by molar-refractivity contribution is 6.29. The van der Waals surface area contributed by atoms with Gasteiger partial charge in [0, 0.05) is 24.2 Å². The smallest absolute Gasteiger partial charge is 0.198 e. The number of hydrogen-bond acceptors (Lipinski definition) is 7. The Hall–Kier alpha value is -2.64. The Morgan fingerprint density at radius 1 is 0.960 bits per heavy atom. The molecule has 1 heterocycles. The van der Waals surface area contributed by atoms with E-state index in [-0.39, 0.29) is 28.5 Å². The van der Waals surface area contributed by atoms with Gasteiger partial charge in [-0.25, -0.2) is 5.84 Å². The fourth-order valence-electron chi connectivity index (χ4n) is 3.03. The van der Waals surface area contributed by atoms with Crippen LogP contribution in [-0.2, 0) is 0 Å². The van der Waals surface area contributed by atoms with Gasteiger partial charge in [0.1, 0.15) is 0 Å². The summed E-state index contributed by atoms with van der Waals surface area (Å²) in [5.41, 5.74) is 1.27. The largest absolute Gasteiger partial charge is 0.302 e. The molecule has 1 aliphatic carbocycles. The SMILES string of the molecule is CCN(CC)CCN(N)c1nncc2c1C(=O)c1ccccc1C2=O. The van der Waals surface area contributed by atoms with Gasteiger partial charge < -0.3 is 4.90 Å². The molecule has 2 aromatic rings. The molecule has 130 valence electrons. The average Bonchev–Trinajstić information content (AvgIpc) is 2.66. The molecule has 2 N–H and O–H groups in total. The maximum Gasteiger partial charge on any atom is 0.198 e. The van der Waals surface area contributed by atoms with Crippen LogP contribution in [0.2, 0.25) is 0 Å². The quantitative estimate of drug-likeness (QED) is 0.534. The molecular formula is C18H21N5O2. The average molecular weight is 339 g/mol. The molecule has 1 aliphatic rings. The van der Waals surface area contributed by atoms with Crippen molar-refractivity contribution in [3.05, 3.63) is 52.7 Å². The number of rotatable bonds is 6. The molecule has 0 unspecified atom stereocenters. The standard InChI is InChI=1S/C18H21N5O2/c1-3-22(4-2)9-10-23(19)18-15-14(11-20-21-18)16(24)12-7-5-6-8-13(12)17(15)25/h5-8,11H,3-4,9-10,19H2,1-2H3. The van der Waals surface area contributed by atoms with Gasteiger partial charge in [0.25, 0.3) is 0 Å². The minimum Gasteiger partial charge on any atom is -0.302 e. The van der Waals surface area contributed by atoms with Gasteiger partial charge in [-0.05, 0) is 13.1 Å². The van der Waals surface area contributed by atoms with E-state index >= 15 is 0 Å². The Balaban J connectivity index is 1.96. The van der Waals surface area contributed by atoms with E-state index in [2.05, 4.69) is 28.9 Å². The molecule has 0 fully saturated rings. The normalized spacial score (nSPS) is 13.0. The lowest BCUT2D eigenvalue weighted by atomic mass is 9.85. The van der Waals surface area contributed by atoms with E-state index in [9.17, 15) is 9.59 Å². The highest BCUT2D eigenvalue weighted by atomic mass is 16.1. The van der Waals surface area contributed by atoms with Crippen LogP contribution >= 0.6 is 0 Å². The van der Waals surface area contributed by atoms with Gasteiger partial charge in [-0.3, -0.25) is 14.6 Å². The number of hydrazine groups is 1. The molecule has 7 nitrogen and oxygen atoms in total. The first-order valence-corrected chi connectivity index (χ1v) is 8.37. The van der Waals surface area contributed by atoms with Gasteiger partial charge in [0.2, 0.25) is 0 Å². The number of nitrogens with zero attached hydrogens (tertiary/aromatic N) is 4. The Morgan fingerprint density at radius 3 is 2.24 bits per heavy atom. The third kappa shape index (κ3) is 3.04. The van der Waals surface area contributed by atoms with Gasteiger partial charge in [-0.15, -0.1) is 5.10 Å². The number of likely N-dealkylation sites (N-methyl/N-ethyl adjacent to an activating group) is 1. The predicted octanol–water partition coefficient (Wildman–Crippen LogP) is 1.27. The van der Waals surface area contributed by atoms with Crippen LogP contribution in [0.1, 0.15) is 45.7 Å². The van der Waals surface area contributed by atoms with E-state index in [0.717, 1.165) is 19.6 Å². The number of benzene rings is 1. The summed E-state index contributed by atoms with van der Waals surface area (Å²) in [6.45, 7) is 7.19. The first kappa shape index (κ1) is 17.2. The van der Waals surface area contributed by atoms with E-state index in [0.29, 0.717) is 17.7 Å². The molecule has 0 radical (unpaired) electrons. The molecule has 1 aromatic carbocycles. The Bertz CT molecular complexity index is 817. The van der Waals surface area contributed by atoms with Crippen molar-refractivity contribution in [3.63, 3.8) is 0 Å². The summed E-state index contributed by atoms with van der Waals surface area (Å²) >= 11 is 0. The number of carbonyl (C=O) groups is 2. The molecule has 3 rings (SSSR count). The minimum absolute atomic E-state index is 0.224. The van der Waals surface area contributed by atoms with Crippen LogP contribution < -0.4 is 10.9 Å². The number of fused-ring (bicyclic) bond motifs is 2. The number of ketones is 2. The Morgan fingerprint density at radius 2 is 1.60 bits per heavy atom. The minimum atomic E-state index is -0.242. The Kier molecular flexibility index (Phi) is 4.87. The van der Waals surface area contributed by atoms with E-state index in [1.165, 1.54) is 11.2 Å². The lowest BCUT2D eigenvalue weighted by molar-refractivity contribution is 0.0978. The van der Waals surface area contributed by atoms with Crippen LogP contribution in [-0.4, -0.2) is 52.8 Å². The lowest BCUT2D eigenvalue weighted by Crippen LogP contribution is -2.41. The number of carbonyl (C=O) groups excluding carboxylic acids is 2. The second kappa shape index (κ2) is 7.08. The summed E-state index contributed by atoms with van der Waals surface area (Å²) < 4.78 is 0. The van der Waals surface area contributed by atoms with Crippen LogP contribution in [0.15, 0.2) is 30.5 Å². The number of nitrogens with two attached hydrogens (primary N) is 1. The summed E-state index contributed by atoms with van der Waals surface area (Å²) in [7, 11) is 0. The van der Waals surface area contributed by atoms with Crippen molar-refractivity contribution >= 4 is 17.4 Å². The second-order valence-electron chi connectivity index (χ2n) is 5.88. The molecular weight excluding hydrogens is 318 g/mol. The summed E-state index contributed by atoms with van der Waals surface area (Å²) in [5, 5.41) is 9.33. The fraction of sp³-hybridized carbons (Fsp3) is 0.333. The Labute approximate surface area is 146 Å². The van der Waals surface area contributed by atoms with Crippen molar-refractivity contribution in [3.8, 4) is 0 Å². The predicted molar refractivity (Wildman–Crippen MR) is 94.7 cm³/mol. The molecule has 0 spiro atoms. The zero-order valence-corrected chi connectivity index (χ0v) is 14.4. The molecule has 1 aromatic heterocycles. The van der Waals surface area contributed by atoms with Gasteiger partial charge in [-0.1, -0.05) is 38.1 Å². The van der Waals surface area contributed by atoms with Crippen LogP contribution in [0.25, 0.3) is 0 Å². The monoisotopic (exact) mass is 339 g/mol. The van der Waals surface area contributed by atoms with Crippen molar-refractivity contribution in [2.75, 3.05) is 31.2 Å². The lowest BCUT2D eigenvalue weighted by Gasteiger charge is -2.26. The van der Waals surface area contributed by atoms with Crippen LogP contribution in [0.5, 0.6) is 0 Å². The molecule has 0 aliphatic heterocycles. The van der Waals surface area contributed by atoms with Gasteiger partial charge in [0.15, 0.2) is 17.4 Å². The van der Waals surface area contributed by atoms with Gasteiger partial charge >= 0.3 is 0 Å². The molecule has 25 heavy (non-hydrogen) atoms. The molecule has 0 atom stereocenters. The second-order valence-corrected chi connectivity index (χ2v) is 5.88. The summed E-state index contributed by atoms with van der Waals surface area (Å²) in [6, 6.07) is 6.78. The summed E-state index contributed by atoms with van der Waals surface area (Å²) in [4.78, 5) is 27.8. The number of hydrogen-bond donors (Lipinski definition) is 1. The first-order valence-electron chi connectivity index (χ1n) is 8.37. The third-order valence-corrected chi connectivity index (χ3v) is 4.54. The first-order chi connectivity index (χ1) is 12.1. The number of aromatic nitrogens is 2. The molecule has 0 saturated heterocycles. The summed E-state index contributed by atoms with van der Waals surface area (Å²) in [5.74, 6) is 5.93. The zero-order valence-electron chi connectivity index (χ0n) is 14.4. The number of anilines is 1. The highest BCUT2D eigenvalue weighted by Gasteiger charge is 2.33. The fourth-order valence-corrected chi connectivity index (χ4v) is 3.03. The van der Waals surface area contributed by atoms with Crippen molar-refractivity contribution in [2.24, 2.45) is 5.84 Å². The third-order valence-electron chi connectivity index (χ3n) is 4.54. The maximum atomic E-state index is 12.9. The van der Waals surface area contributed by atoms with Crippen LogP contribution in [0.3, 0.4) is 0 Å². The van der Waals surface area contributed by atoms with Crippen molar-refractivity contribution < 1.29 is 9.59 Å². The molecule has 0 amide bonds. The molecule has 7 heteroatoms. The van der Waals surface area contributed by atoms with E-state index in [1.54, 1.807) is 24.3 Å². The maximum absolute atomic E-state index is 12.9. The van der Waals surface area contributed by atoms with E-state index < -0.39 is 0 Å².